The fraction of sp³-hybridized carbons (Fsp3) is 0.333. The molecule has 3 aromatic rings. The number of amides is 1. The van der Waals surface area contributed by atoms with Crippen molar-refractivity contribution < 1.29 is 4.79 Å². The molecule has 2 aromatic heterocycles. The van der Waals surface area contributed by atoms with E-state index in [9.17, 15) is 4.79 Å². The maximum absolute atomic E-state index is 11.6. The fourth-order valence-corrected chi connectivity index (χ4v) is 3.12. The quantitative estimate of drug-likeness (QED) is 0.699. The average molecular weight is 336 g/mol. The van der Waals surface area contributed by atoms with Gasteiger partial charge in [0, 0.05) is 32.3 Å². The van der Waals surface area contributed by atoms with Gasteiger partial charge in [0.1, 0.15) is 12.1 Å². The molecule has 0 unspecified atom stereocenters. The number of nitrogens with zero attached hydrogens (tertiary/aromatic N) is 5. The largest absolute Gasteiger partial charge is 0.354 e. The van der Waals surface area contributed by atoms with Crippen molar-refractivity contribution in [2.24, 2.45) is 0 Å². The predicted molar refractivity (Wildman–Crippen MR) is 95.6 cm³/mol. The van der Waals surface area contributed by atoms with E-state index < -0.39 is 0 Å². The van der Waals surface area contributed by atoms with E-state index in [2.05, 4.69) is 20.3 Å². The Morgan fingerprint density at radius 1 is 1.16 bits per heavy atom. The van der Waals surface area contributed by atoms with Crippen LogP contribution in [0.4, 0.5) is 5.95 Å². The summed E-state index contributed by atoms with van der Waals surface area (Å²) in [6, 6.07) is 9.82. The molecule has 7 heteroatoms. The van der Waals surface area contributed by atoms with Crippen LogP contribution in [0, 0.1) is 0 Å². The van der Waals surface area contributed by atoms with Crippen molar-refractivity contribution in [3.8, 4) is 5.82 Å². The van der Waals surface area contributed by atoms with Gasteiger partial charge in [-0.1, -0.05) is 12.1 Å². The Labute approximate surface area is 145 Å². The summed E-state index contributed by atoms with van der Waals surface area (Å²) in [5.41, 5.74) is 1.95. The summed E-state index contributed by atoms with van der Waals surface area (Å²) in [5.74, 6) is 1.63. The van der Waals surface area contributed by atoms with Gasteiger partial charge >= 0.3 is 0 Å². The van der Waals surface area contributed by atoms with Crippen LogP contribution in [0.25, 0.3) is 16.9 Å². The van der Waals surface area contributed by atoms with Crippen LogP contribution >= 0.6 is 0 Å². The molecule has 0 aliphatic carbocycles. The van der Waals surface area contributed by atoms with Gasteiger partial charge in [-0.2, -0.15) is 4.98 Å². The van der Waals surface area contributed by atoms with Gasteiger partial charge in [0.15, 0.2) is 0 Å². The normalized spacial score (nSPS) is 14.4. The number of anilines is 1. The van der Waals surface area contributed by atoms with Gasteiger partial charge in [-0.25, -0.2) is 9.97 Å². The van der Waals surface area contributed by atoms with E-state index in [0.717, 1.165) is 49.3 Å². The van der Waals surface area contributed by atoms with E-state index in [4.69, 9.17) is 0 Å². The Balaban J connectivity index is 1.40. The summed E-state index contributed by atoms with van der Waals surface area (Å²) in [6.45, 7) is 2.41. The molecule has 1 N–H and O–H groups in total. The van der Waals surface area contributed by atoms with Crippen molar-refractivity contribution in [2.75, 3.05) is 25.0 Å². The zero-order valence-corrected chi connectivity index (χ0v) is 13.9. The maximum Gasteiger partial charge on any atom is 0.224 e. The van der Waals surface area contributed by atoms with Gasteiger partial charge < -0.3 is 10.2 Å². The highest BCUT2D eigenvalue weighted by Gasteiger charge is 2.18. The number of hydrogen-bond donors (Lipinski definition) is 1. The van der Waals surface area contributed by atoms with Gasteiger partial charge in [0.05, 0.1) is 11.0 Å². The first-order valence-electron chi connectivity index (χ1n) is 8.58. The Bertz CT molecular complexity index is 890. The van der Waals surface area contributed by atoms with Crippen LogP contribution in [0.3, 0.4) is 0 Å². The predicted octanol–water partition coefficient (Wildman–Crippen LogP) is 2.24. The van der Waals surface area contributed by atoms with Crippen molar-refractivity contribution in [1.82, 2.24) is 24.4 Å². The van der Waals surface area contributed by atoms with Crippen molar-refractivity contribution >= 4 is 22.9 Å². The first kappa shape index (κ1) is 15.6. The summed E-state index contributed by atoms with van der Waals surface area (Å²) >= 11 is 0. The third kappa shape index (κ3) is 3.31. The minimum Gasteiger partial charge on any atom is -0.354 e. The molecule has 4 rings (SSSR count). The van der Waals surface area contributed by atoms with E-state index in [1.54, 1.807) is 12.5 Å². The van der Waals surface area contributed by atoms with Crippen LogP contribution in [0.15, 0.2) is 42.9 Å². The van der Waals surface area contributed by atoms with Gasteiger partial charge in [-0.05, 0) is 31.0 Å². The lowest BCUT2D eigenvalue weighted by Gasteiger charge is -2.15. The maximum atomic E-state index is 11.6. The van der Waals surface area contributed by atoms with Crippen LogP contribution < -0.4 is 5.32 Å². The average Bonchev–Trinajstić information content (AvgIpc) is 3.25. The number of hydrogen-bond acceptors (Lipinski definition) is 5. The monoisotopic (exact) mass is 336 g/mol. The molecule has 1 aliphatic rings. The van der Waals surface area contributed by atoms with Crippen molar-refractivity contribution in [1.29, 1.82) is 0 Å². The number of imidazole rings is 1. The van der Waals surface area contributed by atoms with Crippen LogP contribution in [-0.2, 0) is 4.79 Å². The highest BCUT2D eigenvalue weighted by Crippen LogP contribution is 2.17. The van der Waals surface area contributed by atoms with Crippen LogP contribution in [0.2, 0.25) is 0 Å². The number of aromatic nitrogens is 4. The topological polar surface area (TPSA) is 75.9 Å². The highest BCUT2D eigenvalue weighted by atomic mass is 16.2. The fourth-order valence-electron chi connectivity index (χ4n) is 3.12. The standard InChI is InChI=1S/C18H20N6O/c25-17-7-3-11-23(17)12-4-9-19-18-20-10-8-16(22-18)24-13-21-14-5-1-2-6-15(14)24/h1-2,5-6,8,10,13H,3-4,7,9,11-12H2,(H,19,20,22). The molecule has 0 spiro atoms. The zero-order chi connectivity index (χ0) is 17.1. The van der Waals surface area contributed by atoms with Crippen LogP contribution in [-0.4, -0.2) is 50.0 Å². The Morgan fingerprint density at radius 2 is 2.08 bits per heavy atom. The number of nitrogens with one attached hydrogen (secondary N) is 1. The number of carbonyl (C=O) groups excluding carboxylic acids is 1. The molecule has 7 nitrogen and oxygen atoms in total. The molecule has 128 valence electrons. The van der Waals surface area contributed by atoms with E-state index in [-0.39, 0.29) is 5.91 Å². The van der Waals surface area contributed by atoms with Crippen molar-refractivity contribution in [3.05, 3.63) is 42.9 Å². The van der Waals surface area contributed by atoms with Gasteiger partial charge in [0.25, 0.3) is 0 Å². The molecule has 1 saturated heterocycles. The smallest absolute Gasteiger partial charge is 0.224 e. The highest BCUT2D eigenvalue weighted by molar-refractivity contribution is 5.78. The molecule has 1 aromatic carbocycles. The van der Waals surface area contributed by atoms with Crippen LogP contribution in [0.1, 0.15) is 19.3 Å². The SMILES string of the molecule is O=C1CCCN1CCCNc1nccc(-n2cnc3ccccc32)n1. The second-order valence-corrected chi connectivity index (χ2v) is 6.11. The molecule has 3 heterocycles. The first-order chi connectivity index (χ1) is 12.3. The number of likely N-dealkylation sites (tertiary alicyclic amines) is 1. The molecule has 1 aliphatic heterocycles. The Kier molecular flexibility index (Phi) is 4.28. The molecule has 1 amide bonds. The van der Waals surface area contributed by atoms with Gasteiger partial charge in [-0.3, -0.25) is 9.36 Å². The lowest BCUT2D eigenvalue weighted by Crippen LogP contribution is -2.27. The minimum atomic E-state index is 0.269. The second-order valence-electron chi connectivity index (χ2n) is 6.11. The number of fused-ring (bicyclic) bond motifs is 1. The minimum absolute atomic E-state index is 0.269. The lowest BCUT2D eigenvalue weighted by molar-refractivity contribution is -0.127. The second kappa shape index (κ2) is 6.88. The third-order valence-corrected chi connectivity index (χ3v) is 4.40. The molecular formula is C18H20N6O. The van der Waals surface area contributed by atoms with Gasteiger partial charge in [-0.15, -0.1) is 0 Å². The summed E-state index contributed by atoms with van der Waals surface area (Å²) in [4.78, 5) is 26.8. The van der Waals surface area contributed by atoms with E-state index in [1.165, 1.54) is 0 Å². The summed E-state index contributed by atoms with van der Waals surface area (Å²) in [7, 11) is 0. The van der Waals surface area contributed by atoms with E-state index in [1.807, 2.05) is 39.8 Å². The number of carbonyl (C=O) groups is 1. The molecule has 0 bridgehead atoms. The Hall–Kier alpha value is -2.96. The molecule has 0 atom stereocenters. The molecule has 0 saturated carbocycles. The molecule has 1 fully saturated rings. The molecule has 25 heavy (non-hydrogen) atoms. The van der Waals surface area contributed by atoms with Crippen LogP contribution in [0.5, 0.6) is 0 Å². The van der Waals surface area contributed by atoms with Crippen molar-refractivity contribution in [3.63, 3.8) is 0 Å². The summed E-state index contributed by atoms with van der Waals surface area (Å²) in [6.07, 6.45) is 6.07. The molecule has 0 radical (unpaired) electrons. The zero-order valence-electron chi connectivity index (χ0n) is 13.9. The van der Waals surface area contributed by atoms with Crippen molar-refractivity contribution in [2.45, 2.75) is 19.3 Å². The number of para-hydroxylation sites is 2. The lowest BCUT2D eigenvalue weighted by atomic mass is 10.3. The molecular weight excluding hydrogens is 316 g/mol. The van der Waals surface area contributed by atoms with E-state index in [0.29, 0.717) is 12.4 Å². The third-order valence-electron chi connectivity index (χ3n) is 4.40. The van der Waals surface area contributed by atoms with E-state index >= 15 is 0 Å². The Morgan fingerprint density at radius 3 is 2.96 bits per heavy atom. The summed E-state index contributed by atoms with van der Waals surface area (Å²) < 4.78 is 1.95. The number of benzene rings is 1. The summed E-state index contributed by atoms with van der Waals surface area (Å²) in [5, 5.41) is 3.24. The first-order valence-corrected chi connectivity index (χ1v) is 8.58. The van der Waals surface area contributed by atoms with Gasteiger partial charge in [0.2, 0.25) is 11.9 Å². The number of rotatable bonds is 6.